The molecule has 5 nitrogen and oxygen atoms in total. The highest BCUT2D eigenvalue weighted by molar-refractivity contribution is 7.12. The first-order valence-electron chi connectivity index (χ1n) is 7.30. The summed E-state index contributed by atoms with van der Waals surface area (Å²) < 4.78 is 4.90. The van der Waals surface area contributed by atoms with Crippen LogP contribution in [0.25, 0.3) is 6.08 Å². The second-order valence-electron chi connectivity index (χ2n) is 4.87. The van der Waals surface area contributed by atoms with Crippen LogP contribution in [0.3, 0.4) is 0 Å². The predicted octanol–water partition coefficient (Wildman–Crippen LogP) is 3.78. The van der Waals surface area contributed by atoms with Gasteiger partial charge in [0.1, 0.15) is 11.6 Å². The van der Waals surface area contributed by atoms with E-state index in [-0.39, 0.29) is 5.57 Å². The van der Waals surface area contributed by atoms with Crippen molar-refractivity contribution in [2.45, 2.75) is 13.8 Å². The fourth-order valence-corrected chi connectivity index (χ4v) is 2.75. The van der Waals surface area contributed by atoms with E-state index in [0.717, 1.165) is 9.75 Å². The Morgan fingerprint density at radius 1 is 1.25 bits per heavy atom. The van der Waals surface area contributed by atoms with Crippen molar-refractivity contribution in [3.05, 3.63) is 57.3 Å². The summed E-state index contributed by atoms with van der Waals surface area (Å²) in [5, 5.41) is 11.8. The number of nitrogens with one attached hydrogen (secondary N) is 1. The summed E-state index contributed by atoms with van der Waals surface area (Å²) >= 11 is 1.51. The van der Waals surface area contributed by atoms with Crippen molar-refractivity contribution in [1.29, 1.82) is 5.26 Å². The molecule has 2 aromatic rings. The highest BCUT2D eigenvalue weighted by Crippen LogP contribution is 2.19. The van der Waals surface area contributed by atoms with Crippen LogP contribution in [0.2, 0.25) is 0 Å². The van der Waals surface area contributed by atoms with E-state index in [1.54, 1.807) is 37.3 Å². The van der Waals surface area contributed by atoms with Gasteiger partial charge in [0.2, 0.25) is 0 Å². The van der Waals surface area contributed by atoms with Gasteiger partial charge in [0.15, 0.2) is 0 Å². The summed E-state index contributed by atoms with van der Waals surface area (Å²) in [6, 6.07) is 12.0. The van der Waals surface area contributed by atoms with Crippen LogP contribution in [0.4, 0.5) is 5.69 Å². The molecule has 24 heavy (non-hydrogen) atoms. The van der Waals surface area contributed by atoms with Crippen molar-refractivity contribution in [2.24, 2.45) is 0 Å². The molecule has 0 atom stereocenters. The number of nitrogens with zero attached hydrogens (tertiary/aromatic N) is 1. The van der Waals surface area contributed by atoms with E-state index in [2.05, 4.69) is 5.32 Å². The molecule has 0 bridgehead atoms. The number of anilines is 1. The number of thiophene rings is 1. The summed E-state index contributed by atoms with van der Waals surface area (Å²) in [5.74, 6) is -0.909. The molecule has 0 aliphatic heterocycles. The molecule has 0 aliphatic rings. The number of aryl methyl sites for hydroxylation is 1. The van der Waals surface area contributed by atoms with Crippen LogP contribution in [0, 0.1) is 18.3 Å². The smallest absolute Gasteiger partial charge is 0.338 e. The molecule has 1 N–H and O–H groups in total. The van der Waals surface area contributed by atoms with Gasteiger partial charge in [0.25, 0.3) is 5.91 Å². The van der Waals surface area contributed by atoms with E-state index in [1.165, 1.54) is 11.3 Å². The van der Waals surface area contributed by atoms with Crippen molar-refractivity contribution in [2.75, 3.05) is 11.9 Å². The minimum atomic E-state index is -0.493. The lowest BCUT2D eigenvalue weighted by Gasteiger charge is -2.06. The van der Waals surface area contributed by atoms with Crippen LogP contribution in [-0.4, -0.2) is 18.5 Å². The van der Waals surface area contributed by atoms with Crippen LogP contribution in [0.1, 0.15) is 27.0 Å². The van der Waals surface area contributed by atoms with Crippen LogP contribution >= 0.6 is 11.3 Å². The number of carbonyl (C=O) groups excluding carboxylic acids is 2. The minimum Gasteiger partial charge on any atom is -0.462 e. The fourth-order valence-electron chi connectivity index (χ4n) is 1.92. The molecule has 1 aromatic heterocycles. The SMILES string of the molecule is CCOC(=O)c1ccc(NC(=O)/C(C#N)=C/c2ccc(C)s2)cc1. The molecule has 0 aliphatic carbocycles. The maximum atomic E-state index is 12.2. The van der Waals surface area contributed by atoms with Crippen molar-refractivity contribution in [1.82, 2.24) is 0 Å². The van der Waals surface area contributed by atoms with Gasteiger partial charge in [-0.05, 0) is 56.3 Å². The molecule has 122 valence electrons. The first-order chi connectivity index (χ1) is 11.5. The lowest BCUT2D eigenvalue weighted by Crippen LogP contribution is -2.13. The molecule has 1 amide bonds. The van der Waals surface area contributed by atoms with Crippen LogP contribution in [0.15, 0.2) is 42.0 Å². The van der Waals surface area contributed by atoms with Gasteiger partial charge in [0.05, 0.1) is 12.2 Å². The zero-order valence-corrected chi connectivity index (χ0v) is 14.1. The monoisotopic (exact) mass is 340 g/mol. The first-order valence-corrected chi connectivity index (χ1v) is 8.12. The Morgan fingerprint density at radius 3 is 2.50 bits per heavy atom. The van der Waals surface area contributed by atoms with Crippen molar-refractivity contribution in [3.63, 3.8) is 0 Å². The van der Waals surface area contributed by atoms with Gasteiger partial charge < -0.3 is 10.1 Å². The second kappa shape index (κ2) is 8.09. The van der Waals surface area contributed by atoms with Crippen LogP contribution in [-0.2, 0) is 9.53 Å². The highest BCUT2D eigenvalue weighted by Gasteiger charge is 2.11. The van der Waals surface area contributed by atoms with E-state index < -0.39 is 11.9 Å². The second-order valence-corrected chi connectivity index (χ2v) is 6.19. The third-order valence-electron chi connectivity index (χ3n) is 3.07. The Kier molecular flexibility index (Phi) is 5.88. The molecule has 2 rings (SSSR count). The van der Waals surface area contributed by atoms with E-state index in [1.807, 2.05) is 25.1 Å². The summed E-state index contributed by atoms with van der Waals surface area (Å²) in [6.45, 7) is 3.99. The van der Waals surface area contributed by atoms with Crippen molar-refractivity contribution < 1.29 is 14.3 Å². The molecule has 1 heterocycles. The largest absolute Gasteiger partial charge is 0.462 e. The van der Waals surface area contributed by atoms with Gasteiger partial charge in [0, 0.05) is 15.4 Å². The molecule has 0 unspecified atom stereocenters. The molecule has 6 heteroatoms. The zero-order chi connectivity index (χ0) is 17.5. The van der Waals surface area contributed by atoms with Gasteiger partial charge in [-0.2, -0.15) is 5.26 Å². The zero-order valence-electron chi connectivity index (χ0n) is 13.3. The number of nitriles is 1. The Bertz CT molecular complexity index is 814. The average molecular weight is 340 g/mol. The molecule has 1 aromatic carbocycles. The van der Waals surface area contributed by atoms with Gasteiger partial charge in [-0.15, -0.1) is 11.3 Å². The highest BCUT2D eigenvalue weighted by atomic mass is 32.1. The summed E-state index contributed by atoms with van der Waals surface area (Å²) in [6.07, 6.45) is 1.56. The standard InChI is InChI=1S/C18H16N2O3S/c1-3-23-18(22)13-5-7-15(8-6-13)20-17(21)14(11-19)10-16-9-4-12(2)24-16/h4-10H,3H2,1-2H3,(H,20,21)/b14-10+. The predicted molar refractivity (Wildman–Crippen MR) is 93.7 cm³/mol. The van der Waals surface area contributed by atoms with Crippen LogP contribution < -0.4 is 5.32 Å². The maximum absolute atomic E-state index is 12.2. The van der Waals surface area contributed by atoms with E-state index in [4.69, 9.17) is 4.74 Å². The van der Waals surface area contributed by atoms with Crippen molar-refractivity contribution in [3.8, 4) is 6.07 Å². The normalized spacial score (nSPS) is 10.8. The fraction of sp³-hybridized carbons (Fsp3) is 0.167. The van der Waals surface area contributed by atoms with E-state index in [9.17, 15) is 14.9 Å². The molecular weight excluding hydrogens is 324 g/mol. The Labute approximate surface area is 144 Å². The third-order valence-corrected chi connectivity index (χ3v) is 4.01. The number of hydrogen-bond donors (Lipinski definition) is 1. The molecule has 0 spiro atoms. The minimum absolute atomic E-state index is 0.0197. The molecule has 0 fully saturated rings. The molecule has 0 radical (unpaired) electrons. The number of carbonyl (C=O) groups is 2. The number of benzene rings is 1. The first kappa shape index (κ1) is 17.4. The molecular formula is C18H16N2O3S. The van der Waals surface area contributed by atoms with Crippen LogP contribution in [0.5, 0.6) is 0 Å². The Hall–Kier alpha value is -2.91. The number of ether oxygens (including phenoxy) is 1. The van der Waals surface area contributed by atoms with Gasteiger partial charge in [-0.1, -0.05) is 0 Å². The van der Waals surface area contributed by atoms with Gasteiger partial charge in [-0.3, -0.25) is 4.79 Å². The third kappa shape index (κ3) is 4.54. The lowest BCUT2D eigenvalue weighted by atomic mass is 10.2. The lowest BCUT2D eigenvalue weighted by molar-refractivity contribution is -0.112. The summed E-state index contributed by atoms with van der Waals surface area (Å²) in [5.41, 5.74) is 0.919. The molecule has 0 saturated carbocycles. The summed E-state index contributed by atoms with van der Waals surface area (Å²) in [4.78, 5) is 25.7. The topological polar surface area (TPSA) is 79.2 Å². The number of amides is 1. The van der Waals surface area contributed by atoms with E-state index in [0.29, 0.717) is 17.9 Å². The number of hydrogen-bond acceptors (Lipinski definition) is 5. The van der Waals surface area contributed by atoms with E-state index >= 15 is 0 Å². The Morgan fingerprint density at radius 2 is 1.96 bits per heavy atom. The van der Waals surface area contributed by atoms with Gasteiger partial charge in [-0.25, -0.2) is 4.79 Å². The summed E-state index contributed by atoms with van der Waals surface area (Å²) in [7, 11) is 0. The molecule has 0 saturated heterocycles. The van der Waals surface area contributed by atoms with Gasteiger partial charge >= 0.3 is 5.97 Å². The average Bonchev–Trinajstić information content (AvgIpc) is 2.98. The number of esters is 1. The Balaban J connectivity index is 2.09. The quantitative estimate of drug-likeness (QED) is 0.510. The number of rotatable bonds is 5. The van der Waals surface area contributed by atoms with Crippen molar-refractivity contribution >= 4 is 35.0 Å². The maximum Gasteiger partial charge on any atom is 0.338 e.